The Labute approximate surface area is 99.6 Å². The SMILES string of the molecule is Cc1ncc(S(=O)(=O)NCCCN)s1.Cl. The summed E-state index contributed by atoms with van der Waals surface area (Å²) >= 11 is 1.16. The van der Waals surface area contributed by atoms with E-state index in [0.717, 1.165) is 16.3 Å². The Morgan fingerprint density at radius 1 is 1.60 bits per heavy atom. The highest BCUT2D eigenvalue weighted by Crippen LogP contribution is 2.16. The largest absolute Gasteiger partial charge is 0.330 e. The highest BCUT2D eigenvalue weighted by Gasteiger charge is 2.15. The molecule has 0 atom stereocenters. The Balaban J connectivity index is 0.00000196. The Bertz CT molecular complexity index is 391. The van der Waals surface area contributed by atoms with Gasteiger partial charge in [0.2, 0.25) is 0 Å². The quantitative estimate of drug-likeness (QED) is 0.764. The third-order valence-electron chi connectivity index (χ3n) is 1.54. The van der Waals surface area contributed by atoms with Crippen LogP contribution in [-0.2, 0) is 10.0 Å². The van der Waals surface area contributed by atoms with Crippen LogP contribution in [-0.4, -0.2) is 26.5 Å². The van der Waals surface area contributed by atoms with Crippen LogP contribution in [0, 0.1) is 6.92 Å². The highest BCUT2D eigenvalue weighted by atomic mass is 35.5. The Kier molecular flexibility index (Phi) is 6.30. The molecule has 15 heavy (non-hydrogen) atoms. The third-order valence-corrected chi connectivity index (χ3v) is 4.37. The molecule has 1 heterocycles. The number of hydrogen-bond donors (Lipinski definition) is 2. The lowest BCUT2D eigenvalue weighted by Crippen LogP contribution is -2.25. The van der Waals surface area contributed by atoms with E-state index in [1.807, 2.05) is 0 Å². The normalized spacial score (nSPS) is 11.1. The number of sulfonamides is 1. The maximum Gasteiger partial charge on any atom is 0.251 e. The summed E-state index contributed by atoms with van der Waals surface area (Å²) in [6.07, 6.45) is 2.00. The van der Waals surface area contributed by atoms with E-state index >= 15 is 0 Å². The topological polar surface area (TPSA) is 85.1 Å². The minimum Gasteiger partial charge on any atom is -0.330 e. The Morgan fingerprint density at radius 3 is 2.73 bits per heavy atom. The molecule has 0 aliphatic heterocycles. The number of nitrogens with zero attached hydrogens (tertiary/aromatic N) is 1. The van der Waals surface area contributed by atoms with E-state index in [4.69, 9.17) is 5.73 Å². The molecule has 1 aromatic rings. The standard InChI is InChI=1S/C7H13N3O2S2.ClH/c1-6-9-5-7(13-6)14(11,12)10-4-2-3-8;/h5,10H,2-4,8H2,1H3;1H. The van der Waals surface area contributed by atoms with E-state index in [2.05, 4.69) is 9.71 Å². The number of aromatic nitrogens is 1. The minimum absolute atomic E-state index is 0. The first-order chi connectivity index (χ1) is 6.56. The van der Waals surface area contributed by atoms with Gasteiger partial charge in [0.1, 0.15) is 0 Å². The molecule has 5 nitrogen and oxygen atoms in total. The van der Waals surface area contributed by atoms with Gasteiger partial charge in [0.15, 0.2) is 4.21 Å². The lowest BCUT2D eigenvalue weighted by Gasteiger charge is -2.01. The number of rotatable bonds is 5. The second kappa shape index (κ2) is 6.39. The van der Waals surface area contributed by atoms with E-state index in [1.165, 1.54) is 6.20 Å². The van der Waals surface area contributed by atoms with E-state index in [9.17, 15) is 8.42 Å². The molecule has 0 bridgehead atoms. The number of hydrogen-bond acceptors (Lipinski definition) is 5. The molecule has 0 saturated carbocycles. The Hall–Kier alpha value is -0.210. The van der Waals surface area contributed by atoms with Gasteiger partial charge in [-0.05, 0) is 19.9 Å². The molecule has 0 aliphatic carbocycles. The van der Waals surface area contributed by atoms with Crippen LogP contribution in [0.25, 0.3) is 0 Å². The maximum atomic E-state index is 11.5. The fraction of sp³-hybridized carbons (Fsp3) is 0.571. The molecule has 88 valence electrons. The summed E-state index contributed by atoms with van der Waals surface area (Å²) in [6.45, 7) is 2.61. The van der Waals surface area contributed by atoms with E-state index in [1.54, 1.807) is 6.92 Å². The van der Waals surface area contributed by atoms with Crippen molar-refractivity contribution in [3.63, 3.8) is 0 Å². The molecule has 0 amide bonds. The van der Waals surface area contributed by atoms with Crippen LogP contribution in [0.2, 0.25) is 0 Å². The summed E-state index contributed by atoms with van der Waals surface area (Å²) in [5.41, 5.74) is 5.26. The van der Waals surface area contributed by atoms with Gasteiger partial charge in [-0.3, -0.25) is 0 Å². The first-order valence-corrected chi connectivity index (χ1v) is 6.48. The van der Waals surface area contributed by atoms with Gasteiger partial charge < -0.3 is 5.73 Å². The van der Waals surface area contributed by atoms with E-state index in [-0.39, 0.29) is 16.6 Å². The summed E-state index contributed by atoms with van der Waals surface area (Å²) in [4.78, 5) is 3.89. The molecular formula is C7H14ClN3O2S2. The van der Waals surface area contributed by atoms with Gasteiger partial charge in [0, 0.05) is 6.54 Å². The molecule has 0 aliphatic rings. The Morgan fingerprint density at radius 2 is 2.27 bits per heavy atom. The zero-order valence-corrected chi connectivity index (χ0v) is 10.7. The molecule has 1 rings (SSSR count). The van der Waals surface area contributed by atoms with E-state index < -0.39 is 10.0 Å². The minimum atomic E-state index is -3.36. The number of nitrogens with one attached hydrogen (secondary N) is 1. The van der Waals surface area contributed by atoms with Crippen molar-refractivity contribution in [1.29, 1.82) is 0 Å². The molecule has 0 saturated heterocycles. The fourth-order valence-corrected chi connectivity index (χ4v) is 3.07. The average Bonchev–Trinajstić information content (AvgIpc) is 2.53. The van der Waals surface area contributed by atoms with Crippen LogP contribution in [0.4, 0.5) is 0 Å². The van der Waals surface area contributed by atoms with Gasteiger partial charge in [-0.2, -0.15) is 0 Å². The van der Waals surface area contributed by atoms with Crippen LogP contribution in [0.15, 0.2) is 10.4 Å². The smallest absolute Gasteiger partial charge is 0.251 e. The summed E-state index contributed by atoms with van der Waals surface area (Å²) in [6, 6.07) is 0. The van der Waals surface area contributed by atoms with Gasteiger partial charge in [0.25, 0.3) is 10.0 Å². The zero-order chi connectivity index (χ0) is 10.6. The van der Waals surface area contributed by atoms with Crippen molar-refractivity contribution in [2.75, 3.05) is 13.1 Å². The number of aryl methyl sites for hydroxylation is 1. The highest BCUT2D eigenvalue weighted by molar-refractivity contribution is 7.91. The van der Waals surface area contributed by atoms with Crippen LogP contribution in [0.5, 0.6) is 0 Å². The van der Waals surface area contributed by atoms with Crippen LogP contribution < -0.4 is 10.5 Å². The average molecular weight is 272 g/mol. The van der Waals surface area contributed by atoms with E-state index in [0.29, 0.717) is 19.5 Å². The van der Waals surface area contributed by atoms with Crippen LogP contribution in [0.3, 0.4) is 0 Å². The summed E-state index contributed by atoms with van der Waals surface area (Å²) in [5.74, 6) is 0. The predicted molar refractivity (Wildman–Crippen MR) is 63.0 cm³/mol. The second-order valence-corrected chi connectivity index (χ2v) is 5.97. The molecule has 3 N–H and O–H groups in total. The second-order valence-electron chi connectivity index (χ2n) is 2.74. The molecule has 0 unspecified atom stereocenters. The van der Waals surface area contributed by atoms with Gasteiger partial charge in [-0.15, -0.1) is 23.7 Å². The van der Waals surface area contributed by atoms with Crippen molar-refractivity contribution in [2.45, 2.75) is 17.6 Å². The number of halogens is 1. The molecule has 0 spiro atoms. The number of nitrogens with two attached hydrogens (primary N) is 1. The number of thiazole rings is 1. The maximum absolute atomic E-state index is 11.5. The summed E-state index contributed by atoms with van der Waals surface area (Å²) in [7, 11) is -3.36. The summed E-state index contributed by atoms with van der Waals surface area (Å²) in [5, 5.41) is 0.740. The van der Waals surface area contributed by atoms with Crippen molar-refractivity contribution in [2.24, 2.45) is 5.73 Å². The van der Waals surface area contributed by atoms with Gasteiger partial charge in [-0.25, -0.2) is 18.1 Å². The van der Waals surface area contributed by atoms with Gasteiger partial charge in [0.05, 0.1) is 11.2 Å². The molecule has 0 fully saturated rings. The molecule has 0 radical (unpaired) electrons. The summed E-state index contributed by atoms with van der Waals surface area (Å²) < 4.78 is 25.8. The van der Waals surface area contributed by atoms with Crippen molar-refractivity contribution in [3.05, 3.63) is 11.2 Å². The fourth-order valence-electron chi connectivity index (χ4n) is 0.846. The third kappa shape index (κ3) is 4.43. The molecule has 1 aromatic heterocycles. The van der Waals surface area contributed by atoms with Crippen LogP contribution >= 0.6 is 23.7 Å². The van der Waals surface area contributed by atoms with Crippen molar-refractivity contribution < 1.29 is 8.42 Å². The molecular weight excluding hydrogens is 258 g/mol. The zero-order valence-electron chi connectivity index (χ0n) is 8.26. The van der Waals surface area contributed by atoms with Gasteiger partial charge in [-0.1, -0.05) is 0 Å². The molecule has 8 heteroatoms. The monoisotopic (exact) mass is 271 g/mol. The lowest BCUT2D eigenvalue weighted by atomic mass is 10.4. The first kappa shape index (κ1) is 14.8. The van der Waals surface area contributed by atoms with Crippen molar-refractivity contribution >= 4 is 33.8 Å². The molecule has 0 aromatic carbocycles. The van der Waals surface area contributed by atoms with Crippen LogP contribution in [0.1, 0.15) is 11.4 Å². The first-order valence-electron chi connectivity index (χ1n) is 4.18. The van der Waals surface area contributed by atoms with Crippen molar-refractivity contribution in [3.8, 4) is 0 Å². The predicted octanol–water partition coefficient (Wildman–Crippen LogP) is 0.500. The lowest BCUT2D eigenvalue weighted by molar-refractivity contribution is 0.581. The van der Waals surface area contributed by atoms with Gasteiger partial charge >= 0.3 is 0 Å². The van der Waals surface area contributed by atoms with Crippen molar-refractivity contribution in [1.82, 2.24) is 9.71 Å².